The molecule has 172 valence electrons. The third-order valence-corrected chi connectivity index (χ3v) is 7.09. The number of piperidine rings is 1. The van der Waals surface area contributed by atoms with E-state index in [-0.39, 0.29) is 50.6 Å². The van der Waals surface area contributed by atoms with Gasteiger partial charge in [-0.3, -0.25) is 14.9 Å². The Morgan fingerprint density at radius 3 is 2.50 bits per heavy atom. The zero-order chi connectivity index (χ0) is 23.3. The summed E-state index contributed by atoms with van der Waals surface area (Å²) >= 11 is 0. The first kappa shape index (κ1) is 23.5. The van der Waals surface area contributed by atoms with E-state index in [0.717, 1.165) is 16.4 Å². The number of benzene rings is 2. The van der Waals surface area contributed by atoms with Gasteiger partial charge in [0, 0.05) is 38.2 Å². The maximum absolute atomic E-state index is 13.9. The second kappa shape index (κ2) is 10.0. The van der Waals surface area contributed by atoms with E-state index in [2.05, 4.69) is 10.6 Å². The average Bonchev–Trinajstić information content (AvgIpc) is 2.78. The van der Waals surface area contributed by atoms with Gasteiger partial charge in [-0.2, -0.15) is 4.31 Å². The number of nitro groups is 1. The van der Waals surface area contributed by atoms with Crippen molar-refractivity contribution in [2.24, 2.45) is 5.92 Å². The lowest BCUT2D eigenvalue weighted by molar-refractivity contribution is -0.384. The van der Waals surface area contributed by atoms with Crippen molar-refractivity contribution < 1.29 is 26.9 Å². The van der Waals surface area contributed by atoms with Gasteiger partial charge in [0.1, 0.15) is 22.2 Å². The fraction of sp³-hybridized carbons (Fsp3) is 0.350. The van der Waals surface area contributed by atoms with Crippen LogP contribution in [0.25, 0.3) is 0 Å². The van der Waals surface area contributed by atoms with Crippen molar-refractivity contribution in [2.75, 3.05) is 31.5 Å². The number of nitrogens with one attached hydrogen (secondary N) is 2. The molecule has 1 amide bonds. The van der Waals surface area contributed by atoms with Gasteiger partial charge in [0.25, 0.3) is 5.69 Å². The molecule has 3 rings (SSSR count). The lowest BCUT2D eigenvalue weighted by atomic mass is 9.97. The summed E-state index contributed by atoms with van der Waals surface area (Å²) < 4.78 is 53.6. The first-order chi connectivity index (χ1) is 15.2. The van der Waals surface area contributed by atoms with Gasteiger partial charge in [-0.25, -0.2) is 17.2 Å². The molecular formula is C20H22F2N4O5S. The number of sulfonamides is 1. The highest BCUT2D eigenvalue weighted by Crippen LogP contribution is 2.26. The molecule has 1 fully saturated rings. The Bertz CT molecular complexity index is 1100. The lowest BCUT2D eigenvalue weighted by Gasteiger charge is -2.30. The second-order valence-electron chi connectivity index (χ2n) is 7.25. The van der Waals surface area contributed by atoms with Crippen LogP contribution in [0.4, 0.5) is 20.2 Å². The van der Waals surface area contributed by atoms with Gasteiger partial charge in [0.05, 0.1) is 4.92 Å². The summed E-state index contributed by atoms with van der Waals surface area (Å²) in [5.41, 5.74) is 0.275. The molecule has 0 bridgehead atoms. The Balaban J connectivity index is 1.48. The Hall–Kier alpha value is -3.12. The standard InChI is InChI=1S/C20H22F2N4O5S/c21-15-5-6-16(22)19(13-15)32(30,31)25-11-7-14(8-12-25)20(27)24-10-9-23-17-3-1-2-4-18(17)26(28)29/h1-6,13-14,23H,7-12H2,(H,24,27). The van der Waals surface area contributed by atoms with Gasteiger partial charge in [0.2, 0.25) is 15.9 Å². The van der Waals surface area contributed by atoms with Crippen LogP contribution in [0.15, 0.2) is 47.4 Å². The lowest BCUT2D eigenvalue weighted by Crippen LogP contribution is -2.43. The number of carbonyl (C=O) groups excluding carboxylic acids is 1. The molecule has 9 nitrogen and oxygen atoms in total. The summed E-state index contributed by atoms with van der Waals surface area (Å²) in [5.74, 6) is -2.57. The highest BCUT2D eigenvalue weighted by Gasteiger charge is 2.33. The zero-order valence-electron chi connectivity index (χ0n) is 17.0. The first-order valence-electron chi connectivity index (χ1n) is 9.90. The number of carbonyl (C=O) groups is 1. The van der Waals surface area contributed by atoms with Crippen LogP contribution in [0.2, 0.25) is 0 Å². The van der Waals surface area contributed by atoms with Gasteiger partial charge in [-0.1, -0.05) is 12.1 Å². The number of hydrogen-bond acceptors (Lipinski definition) is 6. The summed E-state index contributed by atoms with van der Waals surface area (Å²) in [7, 11) is -4.21. The van der Waals surface area contributed by atoms with Crippen molar-refractivity contribution in [1.29, 1.82) is 0 Å². The highest BCUT2D eigenvalue weighted by molar-refractivity contribution is 7.89. The Morgan fingerprint density at radius 1 is 1.12 bits per heavy atom. The van der Waals surface area contributed by atoms with Crippen LogP contribution in [0.3, 0.4) is 0 Å². The Labute approximate surface area is 183 Å². The molecule has 1 saturated heterocycles. The van der Waals surface area contributed by atoms with Crippen LogP contribution in [0.5, 0.6) is 0 Å². The van der Waals surface area contributed by atoms with E-state index >= 15 is 0 Å². The maximum Gasteiger partial charge on any atom is 0.292 e. The molecule has 12 heteroatoms. The summed E-state index contributed by atoms with van der Waals surface area (Å²) in [6, 6.07) is 8.41. The molecular weight excluding hydrogens is 446 g/mol. The molecule has 0 spiro atoms. The summed E-state index contributed by atoms with van der Waals surface area (Å²) in [5, 5.41) is 16.6. The highest BCUT2D eigenvalue weighted by atomic mass is 32.2. The Kier molecular flexibility index (Phi) is 7.36. The molecule has 0 radical (unpaired) electrons. The van der Waals surface area contributed by atoms with E-state index in [0.29, 0.717) is 11.8 Å². The monoisotopic (exact) mass is 468 g/mol. The van der Waals surface area contributed by atoms with Crippen LogP contribution in [0, 0.1) is 27.7 Å². The molecule has 1 heterocycles. The van der Waals surface area contributed by atoms with Crippen LogP contribution in [0.1, 0.15) is 12.8 Å². The van der Waals surface area contributed by atoms with E-state index in [1.54, 1.807) is 18.2 Å². The molecule has 1 aliphatic heterocycles. The van der Waals surface area contributed by atoms with Crippen molar-refractivity contribution >= 4 is 27.3 Å². The van der Waals surface area contributed by atoms with E-state index in [9.17, 15) is 32.1 Å². The molecule has 2 N–H and O–H groups in total. The van der Waals surface area contributed by atoms with E-state index in [1.165, 1.54) is 6.07 Å². The zero-order valence-corrected chi connectivity index (χ0v) is 17.8. The predicted octanol–water partition coefficient (Wildman–Crippen LogP) is 2.50. The van der Waals surface area contributed by atoms with Gasteiger partial charge in [-0.05, 0) is 37.1 Å². The second-order valence-corrected chi connectivity index (χ2v) is 9.15. The van der Waals surface area contributed by atoms with Gasteiger partial charge >= 0.3 is 0 Å². The smallest absolute Gasteiger partial charge is 0.292 e. The van der Waals surface area contributed by atoms with Crippen molar-refractivity contribution in [3.8, 4) is 0 Å². The minimum atomic E-state index is -4.21. The van der Waals surface area contributed by atoms with Crippen LogP contribution < -0.4 is 10.6 Å². The molecule has 2 aromatic rings. The van der Waals surface area contributed by atoms with Gasteiger partial charge in [0.15, 0.2) is 0 Å². The summed E-state index contributed by atoms with van der Waals surface area (Å²) in [6.07, 6.45) is 0.471. The van der Waals surface area contributed by atoms with Crippen molar-refractivity contribution in [3.63, 3.8) is 0 Å². The number of para-hydroxylation sites is 2. The molecule has 1 aliphatic rings. The topological polar surface area (TPSA) is 122 Å². The van der Waals surface area contributed by atoms with Crippen LogP contribution in [-0.2, 0) is 14.8 Å². The van der Waals surface area contributed by atoms with E-state index in [4.69, 9.17) is 0 Å². The van der Waals surface area contributed by atoms with Gasteiger partial charge < -0.3 is 10.6 Å². The Morgan fingerprint density at radius 2 is 1.81 bits per heavy atom. The van der Waals surface area contributed by atoms with E-state index in [1.807, 2.05) is 0 Å². The van der Waals surface area contributed by atoms with Gasteiger partial charge in [-0.15, -0.1) is 0 Å². The quantitative estimate of drug-likeness (QED) is 0.349. The fourth-order valence-corrected chi connectivity index (χ4v) is 5.03. The third kappa shape index (κ3) is 5.37. The maximum atomic E-state index is 13.9. The van der Waals surface area contributed by atoms with Crippen LogP contribution in [-0.4, -0.2) is 49.7 Å². The minimum absolute atomic E-state index is 0.00480. The molecule has 0 aliphatic carbocycles. The number of rotatable bonds is 8. The molecule has 0 unspecified atom stereocenters. The number of amides is 1. The normalized spacial score (nSPS) is 15.3. The molecule has 0 atom stereocenters. The SMILES string of the molecule is O=C(NCCNc1ccccc1[N+](=O)[O-])C1CCN(S(=O)(=O)c2cc(F)ccc2F)CC1. The summed E-state index contributed by atoms with van der Waals surface area (Å²) in [4.78, 5) is 22.2. The number of hydrogen-bond donors (Lipinski definition) is 2. The minimum Gasteiger partial charge on any atom is -0.378 e. The average molecular weight is 468 g/mol. The predicted molar refractivity (Wildman–Crippen MR) is 112 cm³/mol. The van der Waals surface area contributed by atoms with Crippen LogP contribution >= 0.6 is 0 Å². The first-order valence-corrected chi connectivity index (χ1v) is 11.3. The number of halogens is 2. The molecule has 32 heavy (non-hydrogen) atoms. The van der Waals surface area contributed by atoms with E-state index < -0.39 is 37.4 Å². The number of nitrogens with zero attached hydrogens (tertiary/aromatic N) is 2. The van der Waals surface area contributed by atoms with Crippen molar-refractivity contribution in [1.82, 2.24) is 9.62 Å². The summed E-state index contributed by atoms with van der Waals surface area (Å²) in [6.45, 7) is 0.496. The molecule has 0 saturated carbocycles. The van der Waals surface area contributed by atoms with Crippen molar-refractivity contribution in [2.45, 2.75) is 17.7 Å². The largest absolute Gasteiger partial charge is 0.378 e. The number of anilines is 1. The molecule has 2 aromatic carbocycles. The van der Waals surface area contributed by atoms with Crippen molar-refractivity contribution in [3.05, 3.63) is 64.2 Å². The number of nitro benzene ring substituents is 1. The molecule has 0 aromatic heterocycles. The third-order valence-electron chi connectivity index (χ3n) is 5.18. The fourth-order valence-electron chi connectivity index (χ4n) is 3.48.